The van der Waals surface area contributed by atoms with E-state index in [1.807, 2.05) is 27.7 Å². The average molecular weight is 358 g/mol. The molecule has 1 fully saturated rings. The molecule has 1 aromatic rings. The van der Waals surface area contributed by atoms with Gasteiger partial charge in [-0.1, -0.05) is 11.8 Å². The van der Waals surface area contributed by atoms with Crippen LogP contribution in [0.1, 0.15) is 38.2 Å². The number of amidine groups is 1. The maximum absolute atomic E-state index is 11.1. The number of halogens is 2. The molecular formula is C15H17Cl2N3OS. The van der Waals surface area contributed by atoms with Crippen LogP contribution in [0, 0.1) is 27.7 Å². The Hall–Kier alpha value is -1.04. The van der Waals surface area contributed by atoms with E-state index >= 15 is 0 Å². The standard InChI is InChI=1S/C15H17Cl2N3OS/c1-7-9(3)13(14(16)17)10(4)8(2)11(7)5-18-20-15-19-12(21)6-22-15/h5,14H,6H2,1-4H3,(H,19,20,21). The van der Waals surface area contributed by atoms with Crippen molar-refractivity contribution in [3.63, 3.8) is 0 Å². The maximum Gasteiger partial charge on any atom is 0.236 e. The molecule has 1 aliphatic rings. The van der Waals surface area contributed by atoms with Crippen LogP contribution < -0.4 is 5.32 Å². The van der Waals surface area contributed by atoms with Crippen molar-refractivity contribution >= 4 is 52.3 Å². The summed E-state index contributed by atoms with van der Waals surface area (Å²) in [6.45, 7) is 8.04. The van der Waals surface area contributed by atoms with Crippen LogP contribution in [0.5, 0.6) is 0 Å². The SMILES string of the molecule is Cc1c(C)c(C(Cl)Cl)c(C)c(C)c1C=NN=C1NC(=O)CS1. The summed E-state index contributed by atoms with van der Waals surface area (Å²) in [5.41, 5.74) is 6.26. The van der Waals surface area contributed by atoms with Crippen LogP contribution in [0.4, 0.5) is 0 Å². The average Bonchev–Trinajstić information content (AvgIpc) is 2.86. The minimum Gasteiger partial charge on any atom is -0.303 e. The quantitative estimate of drug-likeness (QED) is 0.505. The number of carbonyl (C=O) groups excluding carboxylic acids is 1. The first-order chi connectivity index (χ1) is 10.3. The van der Waals surface area contributed by atoms with Crippen molar-refractivity contribution in [2.24, 2.45) is 10.2 Å². The second-order valence-electron chi connectivity index (χ2n) is 5.11. The van der Waals surface area contributed by atoms with Crippen molar-refractivity contribution in [3.8, 4) is 0 Å². The topological polar surface area (TPSA) is 53.8 Å². The van der Waals surface area contributed by atoms with Gasteiger partial charge < -0.3 is 5.32 Å². The Morgan fingerprint density at radius 1 is 1.14 bits per heavy atom. The van der Waals surface area contributed by atoms with Gasteiger partial charge in [0, 0.05) is 5.56 Å². The molecule has 2 rings (SSSR count). The molecule has 0 unspecified atom stereocenters. The summed E-state index contributed by atoms with van der Waals surface area (Å²) in [6.07, 6.45) is 1.71. The van der Waals surface area contributed by atoms with Crippen LogP contribution in [-0.4, -0.2) is 23.0 Å². The first kappa shape index (κ1) is 17.3. The van der Waals surface area contributed by atoms with E-state index in [9.17, 15) is 4.79 Å². The van der Waals surface area contributed by atoms with Crippen molar-refractivity contribution < 1.29 is 4.79 Å². The fourth-order valence-corrected chi connectivity index (χ4v) is 3.70. The molecule has 1 N–H and O–H groups in total. The molecule has 1 amide bonds. The smallest absolute Gasteiger partial charge is 0.236 e. The van der Waals surface area contributed by atoms with Gasteiger partial charge in [-0.2, -0.15) is 5.10 Å². The van der Waals surface area contributed by atoms with Crippen molar-refractivity contribution in [2.45, 2.75) is 32.5 Å². The molecule has 0 saturated carbocycles. The van der Waals surface area contributed by atoms with Crippen molar-refractivity contribution in [1.29, 1.82) is 0 Å². The van der Waals surface area contributed by atoms with E-state index in [1.54, 1.807) is 6.21 Å². The number of alkyl halides is 2. The molecule has 1 heterocycles. The Balaban J connectivity index is 2.38. The number of carbonyl (C=O) groups is 1. The third-order valence-electron chi connectivity index (χ3n) is 3.88. The zero-order chi connectivity index (χ0) is 16.4. The van der Waals surface area contributed by atoms with Crippen LogP contribution in [0.15, 0.2) is 10.2 Å². The summed E-state index contributed by atoms with van der Waals surface area (Å²) in [5, 5.41) is 11.3. The molecule has 0 atom stereocenters. The Labute approximate surface area is 144 Å². The normalized spacial score (nSPS) is 17.0. The summed E-state index contributed by atoms with van der Waals surface area (Å²) in [5.74, 6) is 0.351. The Morgan fingerprint density at radius 2 is 1.73 bits per heavy atom. The number of nitrogens with one attached hydrogen (secondary N) is 1. The molecule has 1 aliphatic heterocycles. The number of nitrogens with zero attached hydrogens (tertiary/aromatic N) is 2. The fourth-order valence-electron chi connectivity index (χ4n) is 2.41. The first-order valence-electron chi connectivity index (χ1n) is 6.75. The predicted octanol–water partition coefficient (Wildman–Crippen LogP) is 3.95. The van der Waals surface area contributed by atoms with E-state index < -0.39 is 4.84 Å². The lowest BCUT2D eigenvalue weighted by Gasteiger charge is -2.19. The number of hydrogen-bond acceptors (Lipinski definition) is 4. The Bertz CT molecular complexity index is 655. The second kappa shape index (κ2) is 7.02. The first-order valence-corrected chi connectivity index (χ1v) is 8.60. The number of thioether (sulfide) groups is 1. The summed E-state index contributed by atoms with van der Waals surface area (Å²) in [4.78, 5) is 10.5. The third kappa shape index (κ3) is 3.47. The Morgan fingerprint density at radius 3 is 2.18 bits per heavy atom. The van der Waals surface area contributed by atoms with E-state index in [0.717, 1.165) is 33.4 Å². The van der Waals surface area contributed by atoms with Gasteiger partial charge in [-0.15, -0.1) is 28.3 Å². The van der Waals surface area contributed by atoms with Gasteiger partial charge in [-0.05, 0) is 55.5 Å². The highest BCUT2D eigenvalue weighted by molar-refractivity contribution is 8.15. The van der Waals surface area contributed by atoms with Gasteiger partial charge in [0.25, 0.3) is 0 Å². The molecule has 0 spiro atoms. The fraction of sp³-hybridized carbons (Fsp3) is 0.400. The summed E-state index contributed by atoms with van der Waals surface area (Å²) in [7, 11) is 0. The van der Waals surface area contributed by atoms with Crippen LogP contribution in [0.25, 0.3) is 0 Å². The lowest BCUT2D eigenvalue weighted by atomic mass is 9.90. The highest BCUT2D eigenvalue weighted by Crippen LogP contribution is 2.35. The molecule has 22 heavy (non-hydrogen) atoms. The van der Waals surface area contributed by atoms with E-state index in [2.05, 4.69) is 15.5 Å². The highest BCUT2D eigenvalue weighted by atomic mass is 35.5. The molecule has 1 saturated heterocycles. The molecular weight excluding hydrogens is 341 g/mol. The third-order valence-corrected chi connectivity index (χ3v) is 5.18. The van der Waals surface area contributed by atoms with Crippen LogP contribution in [-0.2, 0) is 4.79 Å². The Kier molecular flexibility index (Phi) is 5.53. The number of benzene rings is 1. The van der Waals surface area contributed by atoms with Crippen LogP contribution in [0.3, 0.4) is 0 Å². The number of hydrogen-bond donors (Lipinski definition) is 1. The zero-order valence-corrected chi connectivity index (χ0v) is 15.2. The van der Waals surface area contributed by atoms with E-state index in [-0.39, 0.29) is 5.91 Å². The van der Waals surface area contributed by atoms with Gasteiger partial charge in [0.2, 0.25) is 5.91 Å². The van der Waals surface area contributed by atoms with Crippen LogP contribution >= 0.6 is 35.0 Å². The molecule has 7 heteroatoms. The highest BCUT2D eigenvalue weighted by Gasteiger charge is 2.18. The van der Waals surface area contributed by atoms with Gasteiger partial charge >= 0.3 is 0 Å². The molecule has 0 aliphatic carbocycles. The monoisotopic (exact) mass is 357 g/mol. The molecule has 0 radical (unpaired) electrons. The lowest BCUT2D eigenvalue weighted by molar-refractivity contribution is -0.116. The molecule has 0 bridgehead atoms. The summed E-state index contributed by atoms with van der Waals surface area (Å²) in [6, 6.07) is 0. The summed E-state index contributed by atoms with van der Waals surface area (Å²) >= 11 is 13.5. The van der Waals surface area contributed by atoms with E-state index in [4.69, 9.17) is 23.2 Å². The number of amides is 1. The van der Waals surface area contributed by atoms with Gasteiger partial charge in [0.1, 0.15) is 4.84 Å². The summed E-state index contributed by atoms with van der Waals surface area (Å²) < 4.78 is 0. The van der Waals surface area contributed by atoms with Crippen molar-refractivity contribution in [3.05, 3.63) is 33.4 Å². The van der Waals surface area contributed by atoms with Gasteiger partial charge in [-0.25, -0.2) is 0 Å². The van der Waals surface area contributed by atoms with E-state index in [1.165, 1.54) is 11.8 Å². The predicted molar refractivity (Wildman–Crippen MR) is 95.5 cm³/mol. The van der Waals surface area contributed by atoms with Crippen LogP contribution in [0.2, 0.25) is 0 Å². The van der Waals surface area contributed by atoms with Crippen molar-refractivity contribution in [1.82, 2.24) is 5.32 Å². The minimum atomic E-state index is -0.547. The minimum absolute atomic E-state index is 0.0439. The zero-order valence-electron chi connectivity index (χ0n) is 12.8. The largest absolute Gasteiger partial charge is 0.303 e. The molecule has 118 valence electrons. The molecule has 4 nitrogen and oxygen atoms in total. The molecule has 1 aromatic carbocycles. The maximum atomic E-state index is 11.1. The van der Waals surface area contributed by atoms with Gasteiger partial charge in [0.05, 0.1) is 12.0 Å². The van der Waals surface area contributed by atoms with Crippen molar-refractivity contribution in [2.75, 3.05) is 5.75 Å². The second-order valence-corrected chi connectivity index (χ2v) is 7.17. The molecule has 0 aromatic heterocycles. The van der Waals surface area contributed by atoms with E-state index in [0.29, 0.717) is 10.9 Å². The van der Waals surface area contributed by atoms with Gasteiger partial charge in [0.15, 0.2) is 5.17 Å². The lowest BCUT2D eigenvalue weighted by Crippen LogP contribution is -2.19. The number of rotatable bonds is 3. The van der Waals surface area contributed by atoms with Gasteiger partial charge in [-0.3, -0.25) is 4.79 Å².